The lowest BCUT2D eigenvalue weighted by Crippen LogP contribution is -2.62. The fraction of sp³-hybridized carbons (Fsp3) is 0.824. The Morgan fingerprint density at radius 2 is 2.08 bits per heavy atom. The van der Waals surface area contributed by atoms with Crippen molar-refractivity contribution in [2.24, 2.45) is 5.41 Å². The fourth-order valence-electron chi connectivity index (χ4n) is 3.37. The first-order valence-electron chi connectivity index (χ1n) is 8.79. The SMILES string of the molecule is CCCN(Cc1nc(C(=O)OCC)no1)[C@H]1C[C@@H](OCC)C1(C)C. The third-order valence-electron chi connectivity index (χ3n) is 4.71. The number of hydrogen-bond acceptors (Lipinski definition) is 7. The van der Waals surface area contributed by atoms with Gasteiger partial charge < -0.3 is 14.0 Å². The summed E-state index contributed by atoms with van der Waals surface area (Å²) in [7, 11) is 0. The van der Waals surface area contributed by atoms with Crippen LogP contribution >= 0.6 is 0 Å². The average Bonchev–Trinajstić information content (AvgIpc) is 3.00. The minimum absolute atomic E-state index is 0.0108. The van der Waals surface area contributed by atoms with Gasteiger partial charge in [0.2, 0.25) is 5.89 Å². The summed E-state index contributed by atoms with van der Waals surface area (Å²) >= 11 is 0. The van der Waals surface area contributed by atoms with Gasteiger partial charge in [0.1, 0.15) is 0 Å². The van der Waals surface area contributed by atoms with Crippen molar-refractivity contribution in [1.82, 2.24) is 15.0 Å². The molecule has 1 aromatic heterocycles. The van der Waals surface area contributed by atoms with E-state index in [9.17, 15) is 4.79 Å². The Balaban J connectivity index is 2.03. The lowest BCUT2D eigenvalue weighted by molar-refractivity contribution is -0.153. The second-order valence-electron chi connectivity index (χ2n) is 6.72. The topological polar surface area (TPSA) is 77.7 Å². The normalized spacial score (nSPS) is 22.4. The van der Waals surface area contributed by atoms with E-state index in [1.165, 1.54) is 0 Å². The molecule has 0 bridgehead atoms. The summed E-state index contributed by atoms with van der Waals surface area (Å²) in [6.45, 7) is 12.9. The molecule has 24 heavy (non-hydrogen) atoms. The number of nitrogens with zero attached hydrogens (tertiary/aromatic N) is 3. The number of carbonyl (C=O) groups excluding carboxylic acids is 1. The average molecular weight is 339 g/mol. The van der Waals surface area contributed by atoms with Gasteiger partial charge in [-0.15, -0.1) is 0 Å². The van der Waals surface area contributed by atoms with Crippen LogP contribution in [0.15, 0.2) is 4.52 Å². The van der Waals surface area contributed by atoms with Crippen LogP contribution in [0.4, 0.5) is 0 Å². The molecule has 1 saturated carbocycles. The van der Waals surface area contributed by atoms with Crippen molar-refractivity contribution < 1.29 is 18.8 Å². The van der Waals surface area contributed by atoms with E-state index in [2.05, 4.69) is 35.8 Å². The van der Waals surface area contributed by atoms with Crippen LogP contribution in [0.2, 0.25) is 0 Å². The van der Waals surface area contributed by atoms with Gasteiger partial charge in [0.15, 0.2) is 0 Å². The Bertz CT molecular complexity index is 544. The maximum absolute atomic E-state index is 11.7. The first-order valence-corrected chi connectivity index (χ1v) is 8.79. The zero-order valence-corrected chi connectivity index (χ0v) is 15.4. The van der Waals surface area contributed by atoms with Gasteiger partial charge in [-0.3, -0.25) is 4.90 Å². The zero-order chi connectivity index (χ0) is 17.7. The van der Waals surface area contributed by atoms with Gasteiger partial charge in [-0.1, -0.05) is 20.8 Å². The summed E-state index contributed by atoms with van der Waals surface area (Å²) in [5.41, 5.74) is 0.0785. The van der Waals surface area contributed by atoms with Crippen molar-refractivity contribution in [1.29, 1.82) is 0 Å². The van der Waals surface area contributed by atoms with E-state index in [0.717, 1.165) is 26.0 Å². The van der Waals surface area contributed by atoms with Crippen LogP contribution in [0, 0.1) is 5.41 Å². The van der Waals surface area contributed by atoms with E-state index in [4.69, 9.17) is 14.0 Å². The Labute approximate surface area is 143 Å². The van der Waals surface area contributed by atoms with Gasteiger partial charge in [0.05, 0.1) is 19.3 Å². The van der Waals surface area contributed by atoms with Gasteiger partial charge in [-0.05, 0) is 38.4 Å². The van der Waals surface area contributed by atoms with Crippen LogP contribution in [-0.4, -0.2) is 52.9 Å². The molecule has 0 aliphatic heterocycles. The smallest absolute Gasteiger partial charge is 0.379 e. The van der Waals surface area contributed by atoms with Gasteiger partial charge in [-0.25, -0.2) is 4.79 Å². The predicted molar refractivity (Wildman–Crippen MR) is 88.6 cm³/mol. The van der Waals surface area contributed by atoms with Crippen molar-refractivity contribution in [3.05, 3.63) is 11.7 Å². The van der Waals surface area contributed by atoms with E-state index < -0.39 is 5.97 Å². The van der Waals surface area contributed by atoms with Crippen LogP contribution < -0.4 is 0 Å². The molecule has 0 amide bonds. The summed E-state index contributed by atoms with van der Waals surface area (Å²) in [5, 5.41) is 3.72. The number of rotatable bonds is 9. The molecule has 136 valence electrons. The van der Waals surface area contributed by atoms with Crippen LogP contribution in [-0.2, 0) is 16.0 Å². The standard InChI is InChI=1S/C17H29N3O4/c1-6-9-20(12-10-13(22-7-2)17(12,4)5)11-14-18-15(19-24-14)16(21)23-8-3/h12-13H,6-11H2,1-5H3/t12-,13+/m0/s1. The molecule has 0 saturated heterocycles. The molecule has 0 N–H and O–H groups in total. The minimum atomic E-state index is -0.546. The van der Waals surface area contributed by atoms with Crippen molar-refractivity contribution in [2.45, 2.75) is 66.2 Å². The summed E-state index contributed by atoms with van der Waals surface area (Å²) in [6.07, 6.45) is 2.31. The van der Waals surface area contributed by atoms with E-state index in [1.807, 2.05) is 6.92 Å². The molecule has 7 heteroatoms. The highest BCUT2D eigenvalue weighted by Gasteiger charge is 2.51. The molecule has 1 aliphatic carbocycles. The van der Waals surface area contributed by atoms with Crippen LogP contribution in [0.3, 0.4) is 0 Å². The molecule has 1 aromatic rings. The predicted octanol–water partition coefficient (Wildman–Crippen LogP) is 2.66. The van der Waals surface area contributed by atoms with Crippen LogP contribution in [0.1, 0.15) is 64.0 Å². The van der Waals surface area contributed by atoms with Crippen LogP contribution in [0.5, 0.6) is 0 Å². The van der Waals surface area contributed by atoms with E-state index >= 15 is 0 Å². The van der Waals surface area contributed by atoms with Crippen molar-refractivity contribution in [2.75, 3.05) is 19.8 Å². The van der Waals surface area contributed by atoms with Crippen LogP contribution in [0.25, 0.3) is 0 Å². The Morgan fingerprint density at radius 3 is 2.67 bits per heavy atom. The van der Waals surface area contributed by atoms with Gasteiger partial charge in [-0.2, -0.15) is 4.98 Å². The highest BCUT2D eigenvalue weighted by molar-refractivity contribution is 5.84. The highest BCUT2D eigenvalue weighted by Crippen LogP contribution is 2.46. The molecule has 0 unspecified atom stereocenters. The number of hydrogen-bond donors (Lipinski definition) is 0. The second kappa shape index (κ2) is 8.07. The monoisotopic (exact) mass is 339 g/mol. The third kappa shape index (κ3) is 3.95. The number of aromatic nitrogens is 2. The quantitative estimate of drug-likeness (QED) is 0.640. The summed E-state index contributed by atoms with van der Waals surface area (Å²) < 4.78 is 16.0. The molecule has 2 atom stereocenters. The molecule has 1 fully saturated rings. The van der Waals surface area contributed by atoms with E-state index in [-0.39, 0.29) is 17.3 Å². The molecule has 0 radical (unpaired) electrons. The summed E-state index contributed by atoms with van der Waals surface area (Å²) in [6, 6.07) is 0.395. The van der Waals surface area contributed by atoms with E-state index in [1.54, 1.807) is 6.92 Å². The molecule has 1 heterocycles. The molecule has 7 nitrogen and oxygen atoms in total. The molecular weight excluding hydrogens is 310 g/mol. The maximum atomic E-state index is 11.7. The highest BCUT2D eigenvalue weighted by atomic mass is 16.5. The lowest BCUT2D eigenvalue weighted by Gasteiger charge is -2.55. The van der Waals surface area contributed by atoms with Gasteiger partial charge in [0.25, 0.3) is 5.82 Å². The molecular formula is C17H29N3O4. The van der Waals surface area contributed by atoms with E-state index in [0.29, 0.717) is 25.1 Å². The van der Waals surface area contributed by atoms with Crippen molar-refractivity contribution in [3.63, 3.8) is 0 Å². The molecule has 0 aromatic carbocycles. The first-order chi connectivity index (χ1) is 11.4. The minimum Gasteiger partial charge on any atom is -0.460 e. The number of carbonyl (C=O) groups is 1. The third-order valence-corrected chi connectivity index (χ3v) is 4.71. The Kier molecular flexibility index (Phi) is 6.34. The summed E-state index contributed by atoms with van der Waals surface area (Å²) in [5.74, 6) is -0.111. The fourth-order valence-corrected chi connectivity index (χ4v) is 3.37. The lowest BCUT2D eigenvalue weighted by atomic mass is 9.63. The first kappa shape index (κ1) is 18.9. The van der Waals surface area contributed by atoms with Crippen molar-refractivity contribution in [3.8, 4) is 0 Å². The van der Waals surface area contributed by atoms with Gasteiger partial charge >= 0.3 is 5.97 Å². The zero-order valence-electron chi connectivity index (χ0n) is 15.4. The largest absolute Gasteiger partial charge is 0.460 e. The molecule has 0 spiro atoms. The van der Waals surface area contributed by atoms with Gasteiger partial charge in [0, 0.05) is 18.1 Å². The second-order valence-corrected chi connectivity index (χ2v) is 6.72. The van der Waals surface area contributed by atoms with Crippen molar-refractivity contribution >= 4 is 5.97 Å². The number of esters is 1. The Hall–Kier alpha value is -1.47. The molecule has 1 aliphatic rings. The summed E-state index contributed by atoms with van der Waals surface area (Å²) in [4.78, 5) is 18.2. The maximum Gasteiger partial charge on any atom is 0.379 e. The number of ether oxygens (including phenoxy) is 2. The molecule has 2 rings (SSSR count). The Morgan fingerprint density at radius 1 is 1.33 bits per heavy atom.